The summed E-state index contributed by atoms with van der Waals surface area (Å²) in [5.74, 6) is 1.36. The monoisotopic (exact) mass is 277 g/mol. The maximum Gasteiger partial charge on any atom is 0.138 e. The van der Waals surface area contributed by atoms with Crippen LogP contribution in [0, 0.1) is 13.8 Å². The number of ether oxygens (including phenoxy) is 1. The minimum atomic E-state index is 0.472. The van der Waals surface area contributed by atoms with Crippen molar-refractivity contribution in [3.8, 4) is 0 Å². The molecule has 0 aliphatic carbocycles. The highest BCUT2D eigenvalue weighted by atomic mass is 35.5. The molecule has 2 rings (SSSR count). The molecule has 1 heterocycles. The number of anilines is 2. The average Bonchev–Trinajstić information content (AvgIpc) is 2.38. The maximum atomic E-state index is 6.07. The van der Waals surface area contributed by atoms with Crippen molar-refractivity contribution < 1.29 is 4.74 Å². The van der Waals surface area contributed by atoms with E-state index in [-0.39, 0.29) is 0 Å². The van der Waals surface area contributed by atoms with Crippen LogP contribution in [0.1, 0.15) is 17.0 Å². The van der Waals surface area contributed by atoms with Crippen LogP contribution in [0.2, 0.25) is 5.15 Å². The van der Waals surface area contributed by atoms with Gasteiger partial charge in [-0.25, -0.2) is 9.97 Å². The van der Waals surface area contributed by atoms with Crippen LogP contribution in [-0.2, 0) is 11.3 Å². The number of aromatic nitrogens is 2. The Morgan fingerprint density at radius 1 is 1.21 bits per heavy atom. The van der Waals surface area contributed by atoms with Crippen LogP contribution in [0.15, 0.2) is 24.3 Å². The Morgan fingerprint density at radius 2 is 1.95 bits per heavy atom. The van der Waals surface area contributed by atoms with E-state index in [9.17, 15) is 0 Å². The molecule has 0 radical (unpaired) electrons. The van der Waals surface area contributed by atoms with Crippen LogP contribution in [0.4, 0.5) is 11.5 Å². The Hall–Kier alpha value is -1.65. The summed E-state index contributed by atoms with van der Waals surface area (Å²) in [6, 6.07) is 7.94. The Labute approximate surface area is 117 Å². The number of aryl methyl sites for hydroxylation is 1. The lowest BCUT2D eigenvalue weighted by atomic mass is 10.2. The number of nitrogens with one attached hydrogen (secondary N) is 1. The molecule has 2 aromatic rings. The van der Waals surface area contributed by atoms with Gasteiger partial charge in [0.05, 0.1) is 6.61 Å². The molecule has 0 aliphatic heterocycles. The van der Waals surface area contributed by atoms with Gasteiger partial charge in [-0.2, -0.15) is 0 Å². The fourth-order valence-electron chi connectivity index (χ4n) is 1.77. The highest BCUT2D eigenvalue weighted by molar-refractivity contribution is 6.30. The average molecular weight is 278 g/mol. The van der Waals surface area contributed by atoms with Crippen molar-refractivity contribution in [2.24, 2.45) is 0 Å². The molecular formula is C14H16ClN3O. The molecule has 0 bridgehead atoms. The first-order chi connectivity index (χ1) is 9.11. The van der Waals surface area contributed by atoms with Gasteiger partial charge in [0.1, 0.15) is 16.8 Å². The van der Waals surface area contributed by atoms with Crippen molar-refractivity contribution in [2.75, 3.05) is 12.4 Å². The van der Waals surface area contributed by atoms with E-state index in [1.54, 1.807) is 7.11 Å². The van der Waals surface area contributed by atoms with Crippen molar-refractivity contribution in [2.45, 2.75) is 20.5 Å². The molecule has 0 unspecified atom stereocenters. The molecule has 1 aromatic carbocycles. The number of halogens is 1. The minimum absolute atomic E-state index is 0.472. The molecule has 0 amide bonds. The van der Waals surface area contributed by atoms with Gasteiger partial charge in [0.15, 0.2) is 0 Å². The summed E-state index contributed by atoms with van der Waals surface area (Å²) < 4.78 is 5.19. The Bertz CT molecular complexity index is 587. The minimum Gasteiger partial charge on any atom is -0.380 e. The lowest BCUT2D eigenvalue weighted by Gasteiger charge is -2.13. The summed E-state index contributed by atoms with van der Waals surface area (Å²) in [7, 11) is 1.67. The highest BCUT2D eigenvalue weighted by Crippen LogP contribution is 2.25. The number of hydrogen-bond donors (Lipinski definition) is 1. The maximum absolute atomic E-state index is 6.07. The van der Waals surface area contributed by atoms with Gasteiger partial charge < -0.3 is 10.1 Å². The molecule has 0 saturated carbocycles. The summed E-state index contributed by atoms with van der Waals surface area (Å²) >= 11 is 6.07. The van der Waals surface area contributed by atoms with E-state index in [1.165, 1.54) is 0 Å². The second kappa shape index (κ2) is 5.99. The molecule has 4 nitrogen and oxygen atoms in total. The van der Waals surface area contributed by atoms with E-state index >= 15 is 0 Å². The smallest absolute Gasteiger partial charge is 0.138 e. The summed E-state index contributed by atoms with van der Waals surface area (Å²) in [5.41, 5.74) is 2.86. The Kier molecular flexibility index (Phi) is 4.35. The largest absolute Gasteiger partial charge is 0.380 e. The number of hydrogen-bond acceptors (Lipinski definition) is 4. The first-order valence-corrected chi connectivity index (χ1v) is 6.34. The van der Waals surface area contributed by atoms with Gasteiger partial charge in [-0.05, 0) is 19.9 Å². The summed E-state index contributed by atoms with van der Waals surface area (Å²) in [5, 5.41) is 3.76. The first-order valence-electron chi connectivity index (χ1n) is 5.96. The van der Waals surface area contributed by atoms with E-state index in [2.05, 4.69) is 15.3 Å². The number of benzene rings is 1. The zero-order valence-electron chi connectivity index (χ0n) is 11.2. The molecule has 100 valence electrons. The third-order valence-corrected chi connectivity index (χ3v) is 3.14. The highest BCUT2D eigenvalue weighted by Gasteiger charge is 2.09. The lowest BCUT2D eigenvalue weighted by molar-refractivity contribution is 0.185. The third kappa shape index (κ3) is 3.22. The van der Waals surface area contributed by atoms with Crippen LogP contribution in [-0.4, -0.2) is 17.1 Å². The van der Waals surface area contributed by atoms with Crippen molar-refractivity contribution in [3.05, 3.63) is 46.4 Å². The van der Waals surface area contributed by atoms with Gasteiger partial charge in [0.25, 0.3) is 0 Å². The molecule has 1 aromatic heterocycles. The van der Waals surface area contributed by atoms with Crippen molar-refractivity contribution in [1.29, 1.82) is 0 Å². The molecular weight excluding hydrogens is 262 g/mol. The van der Waals surface area contributed by atoms with Crippen LogP contribution in [0.5, 0.6) is 0 Å². The molecule has 0 fully saturated rings. The fraction of sp³-hybridized carbons (Fsp3) is 0.286. The normalized spacial score (nSPS) is 10.5. The Balaban J connectivity index is 2.36. The predicted molar refractivity (Wildman–Crippen MR) is 77.0 cm³/mol. The number of rotatable bonds is 4. The zero-order chi connectivity index (χ0) is 13.8. The van der Waals surface area contributed by atoms with Gasteiger partial charge in [-0.15, -0.1) is 0 Å². The van der Waals surface area contributed by atoms with E-state index in [0.29, 0.717) is 17.6 Å². The van der Waals surface area contributed by atoms with E-state index < -0.39 is 0 Å². The second-order valence-corrected chi connectivity index (χ2v) is 4.61. The number of methoxy groups -OCH3 is 1. The van der Waals surface area contributed by atoms with E-state index in [4.69, 9.17) is 16.3 Å². The third-order valence-electron chi connectivity index (χ3n) is 2.77. The quantitative estimate of drug-likeness (QED) is 0.867. The second-order valence-electron chi connectivity index (χ2n) is 4.25. The first kappa shape index (κ1) is 13.8. The van der Waals surface area contributed by atoms with Gasteiger partial charge >= 0.3 is 0 Å². The standard InChI is InChI=1S/C14H16ClN3O/c1-9-13(15)16-10(2)17-14(9)18-12-7-5-4-6-11(12)8-19-3/h4-7H,8H2,1-3H3,(H,16,17,18). The van der Waals surface area contributed by atoms with Crippen molar-refractivity contribution in [1.82, 2.24) is 9.97 Å². The Morgan fingerprint density at radius 3 is 2.68 bits per heavy atom. The fourth-order valence-corrected chi connectivity index (χ4v) is 1.98. The summed E-state index contributed by atoms with van der Waals surface area (Å²) in [4.78, 5) is 8.51. The molecule has 5 heteroatoms. The molecule has 0 saturated heterocycles. The summed E-state index contributed by atoms with van der Waals surface area (Å²) in [6.07, 6.45) is 0. The molecule has 0 spiro atoms. The van der Waals surface area contributed by atoms with Crippen molar-refractivity contribution >= 4 is 23.1 Å². The predicted octanol–water partition coefficient (Wildman–Crippen LogP) is 3.64. The van der Waals surface area contributed by atoms with E-state index in [0.717, 1.165) is 22.6 Å². The van der Waals surface area contributed by atoms with Gasteiger partial charge in [-0.1, -0.05) is 29.8 Å². The van der Waals surface area contributed by atoms with E-state index in [1.807, 2.05) is 38.1 Å². The molecule has 0 atom stereocenters. The lowest BCUT2D eigenvalue weighted by Crippen LogP contribution is -2.03. The van der Waals surface area contributed by atoms with Crippen LogP contribution in [0.3, 0.4) is 0 Å². The van der Waals surface area contributed by atoms with Gasteiger partial charge in [0.2, 0.25) is 0 Å². The molecule has 1 N–H and O–H groups in total. The topological polar surface area (TPSA) is 47.0 Å². The van der Waals surface area contributed by atoms with Gasteiger partial charge in [-0.3, -0.25) is 0 Å². The van der Waals surface area contributed by atoms with Gasteiger partial charge in [0, 0.05) is 23.9 Å². The SMILES string of the molecule is COCc1ccccc1Nc1nc(C)nc(Cl)c1C. The number of nitrogens with zero attached hydrogens (tertiary/aromatic N) is 2. The zero-order valence-corrected chi connectivity index (χ0v) is 12.0. The molecule has 19 heavy (non-hydrogen) atoms. The molecule has 0 aliphatic rings. The van der Waals surface area contributed by atoms with Crippen molar-refractivity contribution in [3.63, 3.8) is 0 Å². The summed E-state index contributed by atoms with van der Waals surface area (Å²) in [6.45, 7) is 4.25. The number of para-hydroxylation sites is 1. The van der Waals surface area contributed by atoms with Crippen LogP contribution in [0.25, 0.3) is 0 Å². The van der Waals surface area contributed by atoms with Crippen LogP contribution < -0.4 is 5.32 Å². The van der Waals surface area contributed by atoms with Crippen LogP contribution >= 0.6 is 11.6 Å².